The SMILES string of the molecule is COc1c(Cl)cccc1C1CCN(C(=O)OC(C)(C)C)CC1. The van der Waals surface area contributed by atoms with Crippen molar-refractivity contribution < 1.29 is 14.3 Å². The average molecular weight is 326 g/mol. The molecule has 1 aromatic carbocycles. The topological polar surface area (TPSA) is 38.8 Å². The minimum atomic E-state index is -0.454. The van der Waals surface area contributed by atoms with Crippen LogP contribution >= 0.6 is 11.6 Å². The summed E-state index contributed by atoms with van der Waals surface area (Å²) >= 11 is 6.19. The van der Waals surface area contributed by atoms with Crippen LogP contribution in [0.5, 0.6) is 5.75 Å². The minimum Gasteiger partial charge on any atom is -0.495 e. The molecule has 122 valence electrons. The molecule has 1 aliphatic rings. The summed E-state index contributed by atoms with van der Waals surface area (Å²) in [6, 6.07) is 5.83. The second kappa shape index (κ2) is 6.78. The molecule has 0 aromatic heterocycles. The highest BCUT2D eigenvalue weighted by Gasteiger charge is 2.28. The van der Waals surface area contributed by atoms with Crippen LogP contribution < -0.4 is 4.74 Å². The fourth-order valence-corrected chi connectivity index (χ4v) is 3.02. The van der Waals surface area contributed by atoms with Gasteiger partial charge in [0.25, 0.3) is 0 Å². The van der Waals surface area contributed by atoms with Crippen LogP contribution in [-0.4, -0.2) is 36.8 Å². The molecule has 0 bridgehead atoms. The maximum atomic E-state index is 12.1. The predicted octanol–water partition coefficient (Wildman–Crippen LogP) is 4.46. The molecule has 5 heteroatoms. The zero-order valence-electron chi connectivity index (χ0n) is 13.7. The van der Waals surface area contributed by atoms with Crippen molar-refractivity contribution in [3.05, 3.63) is 28.8 Å². The van der Waals surface area contributed by atoms with Crippen LogP contribution in [0.1, 0.15) is 45.1 Å². The minimum absolute atomic E-state index is 0.232. The van der Waals surface area contributed by atoms with Gasteiger partial charge in [-0.3, -0.25) is 0 Å². The number of para-hydroxylation sites is 1. The Hall–Kier alpha value is -1.42. The number of ether oxygens (including phenoxy) is 2. The largest absolute Gasteiger partial charge is 0.495 e. The van der Waals surface area contributed by atoms with Crippen LogP contribution in [0, 0.1) is 0 Å². The third kappa shape index (κ3) is 4.07. The molecule has 0 saturated carbocycles. The van der Waals surface area contributed by atoms with Crippen molar-refractivity contribution in [2.45, 2.75) is 45.1 Å². The van der Waals surface area contributed by atoms with Gasteiger partial charge in [-0.05, 0) is 51.2 Å². The molecule has 1 fully saturated rings. The molecule has 0 aliphatic carbocycles. The maximum absolute atomic E-state index is 12.1. The molecule has 0 atom stereocenters. The van der Waals surface area contributed by atoms with Crippen molar-refractivity contribution >= 4 is 17.7 Å². The number of carbonyl (C=O) groups excluding carboxylic acids is 1. The van der Waals surface area contributed by atoms with E-state index in [2.05, 4.69) is 6.07 Å². The van der Waals surface area contributed by atoms with Gasteiger partial charge in [0.05, 0.1) is 12.1 Å². The van der Waals surface area contributed by atoms with Crippen LogP contribution in [-0.2, 0) is 4.74 Å². The summed E-state index contributed by atoms with van der Waals surface area (Å²) in [4.78, 5) is 13.9. The van der Waals surface area contributed by atoms with Crippen LogP contribution in [0.25, 0.3) is 0 Å². The molecular formula is C17H24ClNO3. The van der Waals surface area contributed by atoms with Crippen molar-refractivity contribution in [2.24, 2.45) is 0 Å². The van der Waals surface area contributed by atoms with Gasteiger partial charge in [0, 0.05) is 13.1 Å². The van der Waals surface area contributed by atoms with E-state index in [0.717, 1.165) is 24.2 Å². The van der Waals surface area contributed by atoms with E-state index in [9.17, 15) is 4.79 Å². The quantitative estimate of drug-likeness (QED) is 0.805. The van der Waals surface area contributed by atoms with Gasteiger partial charge in [0.15, 0.2) is 0 Å². The van der Waals surface area contributed by atoms with Gasteiger partial charge in [0.1, 0.15) is 11.4 Å². The number of hydrogen-bond donors (Lipinski definition) is 0. The van der Waals surface area contributed by atoms with Gasteiger partial charge in [-0.2, -0.15) is 0 Å². The summed E-state index contributed by atoms with van der Waals surface area (Å²) in [6.07, 6.45) is 1.54. The van der Waals surface area contributed by atoms with Crippen molar-refractivity contribution in [1.29, 1.82) is 0 Å². The second-order valence-electron chi connectivity index (χ2n) is 6.60. The summed E-state index contributed by atoms with van der Waals surface area (Å²) in [5.74, 6) is 1.10. The van der Waals surface area contributed by atoms with Gasteiger partial charge in [-0.15, -0.1) is 0 Å². The summed E-state index contributed by atoms with van der Waals surface area (Å²) in [5.41, 5.74) is 0.670. The number of methoxy groups -OCH3 is 1. The van der Waals surface area contributed by atoms with Crippen LogP contribution in [0.3, 0.4) is 0 Å². The summed E-state index contributed by atoms with van der Waals surface area (Å²) in [5, 5.41) is 0.634. The molecule has 0 N–H and O–H groups in total. The van der Waals surface area contributed by atoms with E-state index >= 15 is 0 Å². The molecule has 1 amide bonds. The lowest BCUT2D eigenvalue weighted by atomic mass is 9.89. The van der Waals surface area contributed by atoms with Crippen LogP contribution in [0.2, 0.25) is 5.02 Å². The number of likely N-dealkylation sites (tertiary alicyclic amines) is 1. The Morgan fingerprint density at radius 2 is 1.91 bits per heavy atom. The number of carbonyl (C=O) groups is 1. The van der Waals surface area contributed by atoms with Crippen LogP contribution in [0.4, 0.5) is 4.79 Å². The predicted molar refractivity (Wildman–Crippen MR) is 87.8 cm³/mol. The van der Waals surface area contributed by atoms with E-state index in [4.69, 9.17) is 21.1 Å². The molecule has 0 spiro atoms. The van der Waals surface area contributed by atoms with Gasteiger partial charge in [-0.25, -0.2) is 4.79 Å². The Bertz CT molecular complexity index is 531. The number of amides is 1. The Labute approximate surface area is 137 Å². The first-order valence-corrected chi connectivity index (χ1v) is 8.00. The zero-order valence-corrected chi connectivity index (χ0v) is 14.4. The fourth-order valence-electron chi connectivity index (χ4n) is 2.76. The highest BCUT2D eigenvalue weighted by Crippen LogP contribution is 2.38. The third-order valence-electron chi connectivity index (χ3n) is 3.79. The van der Waals surface area contributed by atoms with E-state index < -0.39 is 5.60 Å². The van der Waals surface area contributed by atoms with E-state index in [-0.39, 0.29) is 6.09 Å². The summed E-state index contributed by atoms with van der Waals surface area (Å²) < 4.78 is 10.9. The van der Waals surface area contributed by atoms with Gasteiger partial charge in [0.2, 0.25) is 0 Å². The smallest absolute Gasteiger partial charge is 0.410 e. The molecule has 1 saturated heterocycles. The van der Waals surface area contributed by atoms with E-state index in [0.29, 0.717) is 24.0 Å². The van der Waals surface area contributed by atoms with Crippen molar-refractivity contribution in [1.82, 2.24) is 4.90 Å². The molecule has 22 heavy (non-hydrogen) atoms. The molecule has 0 radical (unpaired) electrons. The first-order chi connectivity index (χ1) is 10.3. The number of nitrogens with zero attached hydrogens (tertiary/aromatic N) is 1. The number of halogens is 1. The van der Waals surface area contributed by atoms with Gasteiger partial charge < -0.3 is 14.4 Å². The normalized spacial score (nSPS) is 16.5. The zero-order chi connectivity index (χ0) is 16.3. The van der Waals surface area contributed by atoms with E-state index in [1.165, 1.54) is 0 Å². The molecule has 1 heterocycles. The van der Waals surface area contributed by atoms with Crippen molar-refractivity contribution in [2.75, 3.05) is 20.2 Å². The Morgan fingerprint density at radius 1 is 1.27 bits per heavy atom. The highest BCUT2D eigenvalue weighted by atomic mass is 35.5. The number of benzene rings is 1. The molecule has 1 aromatic rings. The lowest BCUT2D eigenvalue weighted by Crippen LogP contribution is -2.41. The first-order valence-electron chi connectivity index (χ1n) is 7.62. The summed E-state index contributed by atoms with van der Waals surface area (Å²) in [6.45, 7) is 7.03. The molecular weight excluding hydrogens is 302 g/mol. The fraction of sp³-hybridized carbons (Fsp3) is 0.588. The molecule has 2 rings (SSSR count). The van der Waals surface area contributed by atoms with Gasteiger partial charge in [-0.1, -0.05) is 23.7 Å². The molecule has 0 unspecified atom stereocenters. The summed E-state index contributed by atoms with van der Waals surface area (Å²) in [7, 11) is 1.64. The Morgan fingerprint density at radius 3 is 2.45 bits per heavy atom. The first kappa shape index (κ1) is 16.9. The second-order valence-corrected chi connectivity index (χ2v) is 7.01. The maximum Gasteiger partial charge on any atom is 0.410 e. The lowest BCUT2D eigenvalue weighted by molar-refractivity contribution is 0.0204. The van der Waals surface area contributed by atoms with Crippen molar-refractivity contribution in [3.63, 3.8) is 0 Å². The van der Waals surface area contributed by atoms with E-state index in [1.54, 1.807) is 12.0 Å². The van der Waals surface area contributed by atoms with Gasteiger partial charge >= 0.3 is 6.09 Å². The van der Waals surface area contributed by atoms with Crippen molar-refractivity contribution in [3.8, 4) is 5.75 Å². The average Bonchev–Trinajstić information content (AvgIpc) is 2.45. The standard InChI is InChI=1S/C17H24ClNO3/c1-17(2,3)22-16(20)19-10-8-12(9-11-19)13-6-5-7-14(18)15(13)21-4/h5-7,12H,8-11H2,1-4H3. The Kier molecular flexibility index (Phi) is 5.22. The van der Waals surface area contributed by atoms with E-state index in [1.807, 2.05) is 32.9 Å². The van der Waals surface area contributed by atoms with Crippen LogP contribution in [0.15, 0.2) is 18.2 Å². The molecule has 4 nitrogen and oxygen atoms in total. The number of hydrogen-bond acceptors (Lipinski definition) is 3. The highest BCUT2D eigenvalue weighted by molar-refractivity contribution is 6.32. The third-order valence-corrected chi connectivity index (χ3v) is 4.09. The monoisotopic (exact) mass is 325 g/mol. The number of piperidine rings is 1. The lowest BCUT2D eigenvalue weighted by Gasteiger charge is -2.34. The Balaban J connectivity index is 2.01. The number of rotatable bonds is 2. The molecule has 1 aliphatic heterocycles.